The third-order valence-corrected chi connectivity index (χ3v) is 6.81. The average Bonchev–Trinajstić information content (AvgIpc) is 2.76. The van der Waals surface area contributed by atoms with Crippen LogP contribution in [0.5, 0.6) is 5.75 Å². The highest BCUT2D eigenvalue weighted by Crippen LogP contribution is 2.41. The Hall–Kier alpha value is -2.16. The molecule has 3 saturated heterocycles. The molecule has 31 heavy (non-hydrogen) atoms. The minimum Gasteiger partial charge on any atom is -0.496 e. The van der Waals surface area contributed by atoms with E-state index in [9.17, 15) is 9.90 Å². The molecule has 1 amide bonds. The van der Waals surface area contributed by atoms with Gasteiger partial charge in [-0.2, -0.15) is 0 Å². The second-order valence-corrected chi connectivity index (χ2v) is 8.65. The van der Waals surface area contributed by atoms with Gasteiger partial charge in [0.1, 0.15) is 5.75 Å². The molecule has 4 atom stereocenters. The van der Waals surface area contributed by atoms with Crippen molar-refractivity contribution in [1.82, 2.24) is 9.80 Å². The molecule has 1 aromatic rings. The Kier molecular flexibility index (Phi) is 8.28. The number of fused-ring (bicyclic) bond motifs is 4. The smallest absolute Gasteiger partial charge is 0.290 e. The van der Waals surface area contributed by atoms with Crippen LogP contribution in [-0.2, 0) is 27.5 Å². The summed E-state index contributed by atoms with van der Waals surface area (Å²) in [6, 6.07) is 6.61. The lowest BCUT2D eigenvalue weighted by Gasteiger charge is -2.56. The maximum absolute atomic E-state index is 12.5. The molecule has 1 aromatic carbocycles. The topological polar surface area (TPSA) is 99.5 Å². The Morgan fingerprint density at radius 3 is 2.65 bits per heavy atom. The number of amides is 1. The van der Waals surface area contributed by atoms with Crippen molar-refractivity contribution in [2.45, 2.75) is 50.9 Å². The largest absolute Gasteiger partial charge is 0.496 e. The molecule has 0 aliphatic carbocycles. The number of piperidine rings is 3. The van der Waals surface area contributed by atoms with Crippen molar-refractivity contribution >= 4 is 12.4 Å². The highest BCUT2D eigenvalue weighted by atomic mass is 16.5. The van der Waals surface area contributed by atoms with Crippen molar-refractivity contribution in [3.8, 4) is 5.75 Å². The molecule has 0 unspecified atom stereocenters. The van der Waals surface area contributed by atoms with Crippen molar-refractivity contribution in [2.75, 3.05) is 33.9 Å². The highest BCUT2D eigenvalue weighted by molar-refractivity contribution is 5.78. The molecule has 2 N–H and O–H groups in total. The van der Waals surface area contributed by atoms with Crippen LogP contribution in [0, 0.1) is 11.8 Å². The number of hydrogen-bond donors (Lipinski definition) is 2. The quantitative estimate of drug-likeness (QED) is 0.658. The number of rotatable bonds is 6. The first-order chi connectivity index (χ1) is 15.1. The highest BCUT2D eigenvalue weighted by Gasteiger charge is 2.48. The summed E-state index contributed by atoms with van der Waals surface area (Å²) in [5.74, 6) is 1.98. The summed E-state index contributed by atoms with van der Waals surface area (Å²) in [4.78, 5) is 25.5. The molecule has 3 aliphatic rings. The van der Waals surface area contributed by atoms with Crippen molar-refractivity contribution < 1.29 is 29.3 Å². The number of nitrogens with zero attached hydrogens (tertiary/aromatic N) is 2. The molecular weight excluding hydrogens is 400 g/mol. The zero-order valence-electron chi connectivity index (χ0n) is 18.4. The molecule has 0 aromatic heterocycles. The molecule has 8 nitrogen and oxygen atoms in total. The summed E-state index contributed by atoms with van der Waals surface area (Å²) < 4.78 is 10.8. The van der Waals surface area contributed by atoms with Crippen molar-refractivity contribution in [1.29, 1.82) is 0 Å². The Balaban J connectivity index is 0.000000858. The van der Waals surface area contributed by atoms with Crippen LogP contribution in [0.25, 0.3) is 0 Å². The van der Waals surface area contributed by atoms with Gasteiger partial charge in [0, 0.05) is 44.8 Å². The fraction of sp³-hybridized carbons (Fsp3) is 0.652. The fourth-order valence-electron chi connectivity index (χ4n) is 5.69. The van der Waals surface area contributed by atoms with Gasteiger partial charge in [-0.25, -0.2) is 0 Å². The molecule has 3 fully saturated rings. The van der Waals surface area contributed by atoms with Gasteiger partial charge in [0.15, 0.2) is 0 Å². The van der Waals surface area contributed by atoms with Gasteiger partial charge in [0.2, 0.25) is 5.91 Å². The number of likely N-dealkylation sites (tertiary alicyclic amines) is 1. The number of ether oxygens (including phenoxy) is 2. The Morgan fingerprint density at radius 2 is 1.97 bits per heavy atom. The van der Waals surface area contributed by atoms with E-state index in [0.29, 0.717) is 30.9 Å². The summed E-state index contributed by atoms with van der Waals surface area (Å²) in [5.41, 5.74) is 2.32. The monoisotopic (exact) mass is 434 g/mol. The number of hydrogen-bond acceptors (Lipinski definition) is 6. The zero-order valence-corrected chi connectivity index (χ0v) is 18.4. The number of carboxylic acid groups (broad SMARTS) is 1. The van der Waals surface area contributed by atoms with Crippen molar-refractivity contribution in [3.05, 3.63) is 29.3 Å². The van der Waals surface area contributed by atoms with E-state index in [1.165, 1.54) is 5.56 Å². The molecule has 0 spiro atoms. The first-order valence-corrected chi connectivity index (χ1v) is 10.9. The zero-order chi connectivity index (χ0) is 22.4. The van der Waals surface area contributed by atoms with E-state index in [-0.39, 0.29) is 25.0 Å². The van der Waals surface area contributed by atoms with Crippen LogP contribution in [0.15, 0.2) is 18.2 Å². The van der Waals surface area contributed by atoms with Gasteiger partial charge in [-0.15, -0.1) is 0 Å². The first kappa shape index (κ1) is 23.5. The predicted octanol–water partition coefficient (Wildman–Crippen LogP) is 1.74. The lowest BCUT2D eigenvalue weighted by molar-refractivity contribution is -0.155. The van der Waals surface area contributed by atoms with Gasteiger partial charge in [0.05, 0.1) is 26.4 Å². The SMILES string of the molecule is COCc1cc(CN2C[C@H]3C[C@@H](C2)[C@H](CO)N2C(=O)CCC[C@@H]32)ccc1OC.O=CO. The van der Waals surface area contributed by atoms with E-state index >= 15 is 0 Å². The maximum atomic E-state index is 12.5. The standard InChI is InChI=1S/C22H32N2O4.CH2O2/c1-27-14-18-8-15(6-7-21(18)28-2)10-23-11-16-9-17(12-23)20(13-25)24-19(16)4-3-5-22(24)26;2-1-3/h6-8,16-17,19-20,25H,3-5,9-14H2,1-2H3;1H,(H,2,3)/t16-,17+,19+,20+;/m1./s1. The van der Waals surface area contributed by atoms with Crippen LogP contribution in [0.2, 0.25) is 0 Å². The van der Waals surface area contributed by atoms with E-state index in [1.807, 2.05) is 6.07 Å². The van der Waals surface area contributed by atoms with Gasteiger partial charge >= 0.3 is 0 Å². The van der Waals surface area contributed by atoms with E-state index in [2.05, 4.69) is 21.9 Å². The molecule has 2 bridgehead atoms. The molecule has 172 valence electrons. The van der Waals surface area contributed by atoms with Crippen LogP contribution in [0.4, 0.5) is 0 Å². The maximum Gasteiger partial charge on any atom is 0.290 e. The van der Waals surface area contributed by atoms with Gasteiger partial charge in [-0.3, -0.25) is 14.5 Å². The van der Waals surface area contributed by atoms with Crippen LogP contribution in [0.3, 0.4) is 0 Å². The summed E-state index contributed by atoms with van der Waals surface area (Å²) in [6.45, 7) is 3.20. The normalized spacial score (nSPS) is 27.7. The first-order valence-electron chi connectivity index (χ1n) is 10.9. The Bertz CT molecular complexity index is 744. The Morgan fingerprint density at radius 1 is 1.23 bits per heavy atom. The van der Waals surface area contributed by atoms with E-state index in [1.54, 1.807) is 14.2 Å². The third-order valence-electron chi connectivity index (χ3n) is 6.81. The summed E-state index contributed by atoms with van der Waals surface area (Å²) in [5, 5.41) is 16.9. The molecule has 3 aliphatic heterocycles. The molecule has 3 heterocycles. The van der Waals surface area contributed by atoms with E-state index in [4.69, 9.17) is 19.4 Å². The minimum absolute atomic E-state index is 0.0169. The molecule has 0 saturated carbocycles. The lowest BCUT2D eigenvalue weighted by atomic mass is 9.72. The van der Waals surface area contributed by atoms with Crippen LogP contribution < -0.4 is 4.74 Å². The van der Waals surface area contributed by atoms with Crippen molar-refractivity contribution in [3.63, 3.8) is 0 Å². The minimum atomic E-state index is -0.250. The van der Waals surface area contributed by atoms with Gasteiger partial charge < -0.3 is 24.6 Å². The summed E-state index contributed by atoms with van der Waals surface area (Å²) >= 11 is 0. The summed E-state index contributed by atoms with van der Waals surface area (Å²) in [6.07, 6.45) is 3.84. The Labute approximate surface area is 183 Å². The number of aliphatic hydroxyl groups is 1. The average molecular weight is 435 g/mol. The summed E-state index contributed by atoms with van der Waals surface area (Å²) in [7, 11) is 3.39. The fourth-order valence-corrected chi connectivity index (χ4v) is 5.69. The number of benzene rings is 1. The van der Waals surface area contributed by atoms with E-state index < -0.39 is 0 Å². The third kappa shape index (κ3) is 5.19. The van der Waals surface area contributed by atoms with E-state index in [0.717, 1.165) is 50.2 Å². The second kappa shape index (κ2) is 10.9. The number of carbonyl (C=O) groups excluding carboxylic acids is 1. The molecular formula is C23H34N2O6. The molecule has 4 rings (SSSR count). The van der Waals surface area contributed by atoms with Crippen LogP contribution in [-0.4, -0.2) is 78.4 Å². The number of methoxy groups -OCH3 is 2. The number of aliphatic hydroxyl groups excluding tert-OH is 1. The van der Waals surface area contributed by atoms with Gasteiger partial charge in [0.25, 0.3) is 6.47 Å². The predicted molar refractivity (Wildman–Crippen MR) is 115 cm³/mol. The van der Waals surface area contributed by atoms with Crippen LogP contribution >= 0.6 is 0 Å². The van der Waals surface area contributed by atoms with Crippen molar-refractivity contribution in [2.24, 2.45) is 11.8 Å². The van der Waals surface area contributed by atoms with Gasteiger partial charge in [-0.1, -0.05) is 6.07 Å². The lowest BCUT2D eigenvalue weighted by Crippen LogP contribution is -2.65. The van der Waals surface area contributed by atoms with Gasteiger partial charge in [-0.05, 0) is 48.8 Å². The van der Waals surface area contributed by atoms with Crippen LogP contribution in [0.1, 0.15) is 36.8 Å². The number of carbonyl (C=O) groups is 2. The molecule has 8 heteroatoms. The molecule has 0 radical (unpaired) electrons. The second-order valence-electron chi connectivity index (χ2n) is 8.65.